The van der Waals surface area contributed by atoms with Crippen molar-refractivity contribution in [1.82, 2.24) is 15.6 Å². The maximum absolute atomic E-state index is 13.5. The molecule has 2 amide bonds. The molecule has 0 radical (unpaired) electrons. The van der Waals surface area contributed by atoms with Gasteiger partial charge < -0.3 is 15.4 Å². The molecule has 2 heterocycles. The molecular formula is C26H26N4O6S3. The summed E-state index contributed by atoms with van der Waals surface area (Å²) in [5.74, 6) is -0.412. The van der Waals surface area contributed by atoms with Gasteiger partial charge >= 0.3 is 16.4 Å². The average Bonchev–Trinajstić information content (AvgIpc) is 3.61. The molecule has 0 aliphatic rings. The second kappa shape index (κ2) is 12.8. The molecule has 0 saturated carbocycles. The molecule has 204 valence electrons. The molecular weight excluding hydrogens is 561 g/mol. The van der Waals surface area contributed by atoms with Gasteiger partial charge in [-0.05, 0) is 41.1 Å². The van der Waals surface area contributed by atoms with Crippen molar-refractivity contribution in [2.24, 2.45) is 0 Å². The number of thiazole rings is 1. The minimum atomic E-state index is -4.40. The molecule has 2 aromatic heterocycles. The predicted octanol–water partition coefficient (Wildman–Crippen LogP) is 4.45. The van der Waals surface area contributed by atoms with Crippen molar-refractivity contribution in [3.8, 4) is 9.88 Å². The van der Waals surface area contributed by atoms with E-state index in [-0.39, 0.29) is 12.1 Å². The van der Waals surface area contributed by atoms with Crippen LogP contribution in [0.5, 0.6) is 0 Å². The van der Waals surface area contributed by atoms with E-state index in [1.807, 2.05) is 57.9 Å². The number of carbonyl (C=O) groups excluding carboxylic acids is 2. The van der Waals surface area contributed by atoms with Gasteiger partial charge in [-0.1, -0.05) is 48.5 Å². The van der Waals surface area contributed by atoms with E-state index in [1.54, 1.807) is 23.5 Å². The van der Waals surface area contributed by atoms with Crippen molar-refractivity contribution in [1.29, 1.82) is 0 Å². The summed E-state index contributed by atoms with van der Waals surface area (Å²) in [5.41, 5.74) is 2.49. The Labute approximate surface area is 234 Å². The fraction of sp³-hybridized carbons (Fsp3) is 0.192. The zero-order valence-corrected chi connectivity index (χ0v) is 23.2. The van der Waals surface area contributed by atoms with E-state index in [0.717, 1.165) is 21.0 Å². The van der Waals surface area contributed by atoms with Gasteiger partial charge in [0.2, 0.25) is 5.91 Å². The smallest absolute Gasteiger partial charge is 0.407 e. The van der Waals surface area contributed by atoms with Crippen LogP contribution in [0.4, 0.5) is 10.5 Å². The van der Waals surface area contributed by atoms with Crippen molar-refractivity contribution in [3.63, 3.8) is 0 Å². The Morgan fingerprint density at radius 3 is 2.31 bits per heavy atom. The van der Waals surface area contributed by atoms with Gasteiger partial charge in [0.25, 0.3) is 0 Å². The Morgan fingerprint density at radius 2 is 1.67 bits per heavy atom. The van der Waals surface area contributed by atoms with Crippen LogP contribution in [-0.2, 0) is 32.7 Å². The van der Waals surface area contributed by atoms with Crippen molar-refractivity contribution < 1.29 is 27.3 Å². The topological polar surface area (TPSA) is 147 Å². The third-order valence-electron chi connectivity index (χ3n) is 5.64. The number of alkyl carbamates (subject to hydrolysis) is 1. The lowest BCUT2D eigenvalue weighted by molar-refractivity contribution is -0.123. The van der Waals surface area contributed by atoms with Gasteiger partial charge in [0.05, 0.1) is 29.4 Å². The lowest BCUT2D eigenvalue weighted by Gasteiger charge is -2.23. The molecule has 0 saturated heterocycles. The molecule has 1 unspecified atom stereocenters. The highest BCUT2D eigenvalue weighted by Crippen LogP contribution is 2.31. The lowest BCUT2D eigenvalue weighted by Crippen LogP contribution is -2.49. The zero-order valence-electron chi connectivity index (χ0n) is 20.7. The van der Waals surface area contributed by atoms with E-state index < -0.39 is 34.4 Å². The Morgan fingerprint density at radius 1 is 0.949 bits per heavy atom. The maximum Gasteiger partial charge on any atom is 0.407 e. The maximum atomic E-state index is 13.5. The van der Waals surface area contributed by atoms with Crippen molar-refractivity contribution >= 4 is 50.7 Å². The molecule has 39 heavy (non-hydrogen) atoms. The lowest BCUT2D eigenvalue weighted by atomic mass is 10.0. The number of anilines is 1. The summed E-state index contributed by atoms with van der Waals surface area (Å²) in [6.45, 7) is 0. The minimum absolute atomic E-state index is 0.195. The number of benzene rings is 2. The van der Waals surface area contributed by atoms with Crippen LogP contribution in [0.3, 0.4) is 0 Å². The van der Waals surface area contributed by atoms with Gasteiger partial charge in [-0.15, -0.1) is 22.7 Å². The Kier molecular flexibility index (Phi) is 9.30. The van der Waals surface area contributed by atoms with Crippen molar-refractivity contribution in [3.05, 3.63) is 94.3 Å². The summed E-state index contributed by atoms with van der Waals surface area (Å²) in [7, 11) is -3.16. The largest absolute Gasteiger partial charge is 0.453 e. The number of hydrogen-bond acceptors (Lipinski definition) is 8. The first-order chi connectivity index (χ1) is 18.7. The molecule has 0 fully saturated rings. The molecule has 0 spiro atoms. The Hall–Kier alpha value is -3.78. The van der Waals surface area contributed by atoms with E-state index >= 15 is 0 Å². The molecule has 0 aliphatic heterocycles. The van der Waals surface area contributed by atoms with E-state index in [9.17, 15) is 18.0 Å². The number of hydrogen-bond donors (Lipinski definition) is 4. The van der Waals surface area contributed by atoms with E-state index in [0.29, 0.717) is 12.1 Å². The van der Waals surface area contributed by atoms with Gasteiger partial charge in [0.15, 0.2) is 0 Å². The van der Waals surface area contributed by atoms with Crippen molar-refractivity contribution in [2.45, 2.75) is 24.9 Å². The fourth-order valence-electron chi connectivity index (χ4n) is 3.82. The minimum Gasteiger partial charge on any atom is -0.453 e. The summed E-state index contributed by atoms with van der Waals surface area (Å²) in [6, 6.07) is 18.2. The Bertz CT molecular complexity index is 1490. The Balaban J connectivity index is 1.59. The molecule has 10 nitrogen and oxygen atoms in total. The van der Waals surface area contributed by atoms with Crippen molar-refractivity contribution in [2.75, 3.05) is 11.8 Å². The van der Waals surface area contributed by atoms with Gasteiger partial charge in [-0.25, -0.2) is 9.78 Å². The van der Waals surface area contributed by atoms with Crippen LogP contribution >= 0.6 is 22.7 Å². The monoisotopic (exact) mass is 586 g/mol. The number of rotatable bonds is 11. The van der Waals surface area contributed by atoms with Gasteiger partial charge in [-0.3, -0.25) is 14.1 Å². The van der Waals surface area contributed by atoms with Crippen LogP contribution < -0.4 is 15.4 Å². The number of methoxy groups -OCH3 is 1. The standard InChI is InChI=1S/C26H26N4O6S3/c1-36-26(32)29-21(15-17-6-3-2-4-7-17)24(31)27-20(22-16-38-25(28-22)23-8-5-13-37-23)14-18-9-11-19(12-10-18)30-39(33,34)35/h2-13,16,20-21,30H,14-15H2,1H3,(H,27,31)(H,29,32)(H,33,34,35)/t20?,21-/m0/s1. The number of ether oxygens (including phenoxy) is 1. The van der Waals surface area contributed by atoms with E-state index in [2.05, 4.69) is 10.6 Å². The second-order valence-corrected chi connectivity index (χ2v) is 11.4. The molecule has 13 heteroatoms. The third kappa shape index (κ3) is 8.35. The van der Waals surface area contributed by atoms with Crippen LogP contribution in [0.1, 0.15) is 22.9 Å². The first kappa shape index (κ1) is 28.2. The summed E-state index contributed by atoms with van der Waals surface area (Å²) < 4.78 is 38.0. The van der Waals surface area contributed by atoms with Gasteiger partial charge in [0.1, 0.15) is 11.0 Å². The highest BCUT2D eigenvalue weighted by atomic mass is 32.2. The molecule has 0 bridgehead atoms. The average molecular weight is 587 g/mol. The summed E-state index contributed by atoms with van der Waals surface area (Å²) in [5, 5.41) is 10.3. The summed E-state index contributed by atoms with van der Waals surface area (Å²) in [6.07, 6.45) is -0.137. The first-order valence-corrected chi connectivity index (χ1v) is 14.9. The highest BCUT2D eigenvalue weighted by Gasteiger charge is 2.26. The molecule has 2 aromatic carbocycles. The van der Waals surface area contributed by atoms with Crippen LogP contribution in [0.15, 0.2) is 77.5 Å². The first-order valence-electron chi connectivity index (χ1n) is 11.7. The van der Waals surface area contributed by atoms with Crippen LogP contribution in [-0.4, -0.2) is 43.1 Å². The fourth-order valence-corrected chi connectivity index (χ4v) is 5.94. The molecule has 4 N–H and O–H groups in total. The van der Waals surface area contributed by atoms with Crippen LogP contribution in [0.25, 0.3) is 9.88 Å². The summed E-state index contributed by atoms with van der Waals surface area (Å²) >= 11 is 3.02. The second-order valence-electron chi connectivity index (χ2n) is 8.47. The number of aromatic nitrogens is 1. The number of amides is 2. The SMILES string of the molecule is COC(=O)N[C@@H](Cc1ccccc1)C(=O)NC(Cc1ccc(NS(=O)(=O)O)cc1)c1csc(-c2cccs2)n1. The van der Waals surface area contributed by atoms with Gasteiger partial charge in [0, 0.05) is 11.8 Å². The van der Waals surface area contributed by atoms with Crippen LogP contribution in [0, 0.1) is 0 Å². The number of nitrogens with zero attached hydrogens (tertiary/aromatic N) is 1. The van der Waals surface area contributed by atoms with E-state index in [1.165, 1.54) is 30.6 Å². The molecule has 2 atom stereocenters. The molecule has 4 rings (SSSR count). The third-order valence-corrected chi connectivity index (χ3v) is 8.04. The predicted molar refractivity (Wildman–Crippen MR) is 151 cm³/mol. The van der Waals surface area contributed by atoms with E-state index in [4.69, 9.17) is 14.3 Å². The number of carbonyl (C=O) groups is 2. The summed E-state index contributed by atoms with van der Waals surface area (Å²) in [4.78, 5) is 31.3. The molecule has 0 aliphatic carbocycles. The van der Waals surface area contributed by atoms with Gasteiger partial charge in [-0.2, -0.15) is 8.42 Å². The number of nitrogens with one attached hydrogen (secondary N) is 3. The molecule has 4 aromatic rings. The number of thiophene rings is 1. The zero-order chi connectivity index (χ0) is 27.8. The van der Waals surface area contributed by atoms with Crippen LogP contribution in [0.2, 0.25) is 0 Å². The quantitative estimate of drug-likeness (QED) is 0.190. The normalized spacial score (nSPS) is 12.8. The highest BCUT2D eigenvalue weighted by molar-refractivity contribution is 7.87.